The summed E-state index contributed by atoms with van der Waals surface area (Å²) in [5.74, 6) is -3.21. The molecule has 0 spiro atoms. The lowest BCUT2D eigenvalue weighted by Gasteiger charge is -2.15. The number of para-hydroxylation sites is 1. The van der Waals surface area contributed by atoms with Gasteiger partial charge >= 0.3 is 5.97 Å². The summed E-state index contributed by atoms with van der Waals surface area (Å²) in [6.07, 6.45) is 1.69. The van der Waals surface area contributed by atoms with Gasteiger partial charge in [-0.3, -0.25) is 9.35 Å². The first-order valence-corrected chi connectivity index (χ1v) is 8.56. The molecule has 0 aliphatic rings. The fourth-order valence-electron chi connectivity index (χ4n) is 1.73. The lowest BCUT2D eigenvalue weighted by Crippen LogP contribution is -2.45. The van der Waals surface area contributed by atoms with E-state index >= 15 is 0 Å². The molecule has 1 aromatic rings. The molecular formula is C14H19NO7S. The highest BCUT2D eigenvalue weighted by molar-refractivity contribution is 7.85. The highest BCUT2D eigenvalue weighted by atomic mass is 32.2. The minimum Gasteiger partial charge on any atom is -0.493 e. The number of hydrogen-bond acceptors (Lipinski definition) is 5. The van der Waals surface area contributed by atoms with Crippen molar-refractivity contribution in [1.82, 2.24) is 5.32 Å². The van der Waals surface area contributed by atoms with Crippen molar-refractivity contribution < 1.29 is 32.4 Å². The van der Waals surface area contributed by atoms with Gasteiger partial charge in [-0.15, -0.1) is 0 Å². The maximum absolute atomic E-state index is 12.2. The summed E-state index contributed by atoms with van der Waals surface area (Å²) in [5, 5.41) is 11.0. The van der Waals surface area contributed by atoms with Gasteiger partial charge in [-0.2, -0.15) is 8.42 Å². The van der Waals surface area contributed by atoms with Crippen LogP contribution in [0.5, 0.6) is 5.75 Å². The molecule has 8 nitrogen and oxygen atoms in total. The Labute approximate surface area is 134 Å². The predicted molar refractivity (Wildman–Crippen MR) is 82.2 cm³/mol. The van der Waals surface area contributed by atoms with Crippen LogP contribution in [-0.2, 0) is 14.9 Å². The molecule has 1 amide bonds. The van der Waals surface area contributed by atoms with Crippen LogP contribution in [0, 0.1) is 0 Å². The standard InChI is InChI=1S/C14H19NO7S/c1-2-3-8-22-12-7-5-4-6-10(12)13(16)15-11(14(17)18)9-23(19,20)21/h4-7,11H,2-3,8-9H2,1H3,(H,15,16)(H,17,18)(H,19,20,21). The normalized spacial score (nSPS) is 12.4. The van der Waals surface area contributed by atoms with E-state index in [0.717, 1.165) is 12.8 Å². The number of carboxylic acids is 1. The van der Waals surface area contributed by atoms with E-state index in [1.54, 1.807) is 18.2 Å². The Morgan fingerprint density at radius 3 is 2.52 bits per heavy atom. The third kappa shape index (κ3) is 6.66. The summed E-state index contributed by atoms with van der Waals surface area (Å²) in [6.45, 7) is 2.38. The van der Waals surface area contributed by atoms with Gasteiger partial charge in [-0.25, -0.2) is 4.79 Å². The number of benzene rings is 1. The summed E-state index contributed by atoms with van der Waals surface area (Å²) < 4.78 is 35.9. The Hall–Kier alpha value is -2.13. The minimum atomic E-state index is -4.55. The van der Waals surface area contributed by atoms with Gasteiger partial charge in [-0.05, 0) is 18.6 Å². The third-order valence-electron chi connectivity index (χ3n) is 2.87. The van der Waals surface area contributed by atoms with Crippen molar-refractivity contribution in [2.24, 2.45) is 0 Å². The lowest BCUT2D eigenvalue weighted by molar-refractivity contribution is -0.138. The Balaban J connectivity index is 2.89. The molecule has 3 N–H and O–H groups in total. The van der Waals surface area contributed by atoms with Crippen molar-refractivity contribution >= 4 is 22.0 Å². The summed E-state index contributed by atoms with van der Waals surface area (Å²) >= 11 is 0. The van der Waals surface area contributed by atoms with Crippen molar-refractivity contribution in [2.45, 2.75) is 25.8 Å². The number of rotatable bonds is 9. The van der Waals surface area contributed by atoms with Gasteiger partial charge in [0.25, 0.3) is 16.0 Å². The molecule has 0 radical (unpaired) electrons. The molecule has 1 unspecified atom stereocenters. The van der Waals surface area contributed by atoms with Crippen molar-refractivity contribution in [2.75, 3.05) is 12.4 Å². The molecule has 0 heterocycles. The predicted octanol–water partition coefficient (Wildman–Crippen LogP) is 0.936. The largest absolute Gasteiger partial charge is 0.493 e. The highest BCUT2D eigenvalue weighted by Gasteiger charge is 2.27. The van der Waals surface area contributed by atoms with Crippen LogP contribution in [0.2, 0.25) is 0 Å². The summed E-state index contributed by atoms with van der Waals surface area (Å²) in [7, 11) is -4.55. The Morgan fingerprint density at radius 1 is 1.30 bits per heavy atom. The van der Waals surface area contributed by atoms with E-state index in [4.69, 9.17) is 14.4 Å². The first-order valence-electron chi connectivity index (χ1n) is 6.95. The van der Waals surface area contributed by atoms with Gasteiger partial charge in [0.1, 0.15) is 17.5 Å². The zero-order chi connectivity index (χ0) is 17.5. The zero-order valence-corrected chi connectivity index (χ0v) is 13.4. The van der Waals surface area contributed by atoms with Crippen molar-refractivity contribution in [3.05, 3.63) is 29.8 Å². The maximum Gasteiger partial charge on any atom is 0.327 e. The van der Waals surface area contributed by atoms with Crippen LogP contribution in [0.3, 0.4) is 0 Å². The number of aliphatic carboxylic acids is 1. The topological polar surface area (TPSA) is 130 Å². The Kier molecular flexibility index (Phi) is 6.98. The molecular weight excluding hydrogens is 326 g/mol. The molecule has 0 saturated carbocycles. The monoisotopic (exact) mass is 345 g/mol. The van der Waals surface area contributed by atoms with Gasteiger partial charge in [0.2, 0.25) is 0 Å². The van der Waals surface area contributed by atoms with E-state index in [0.29, 0.717) is 6.61 Å². The van der Waals surface area contributed by atoms with Gasteiger partial charge < -0.3 is 15.2 Å². The number of unbranched alkanes of at least 4 members (excludes halogenated alkanes) is 1. The molecule has 0 aromatic heterocycles. The molecule has 128 valence electrons. The van der Waals surface area contributed by atoms with Crippen LogP contribution < -0.4 is 10.1 Å². The lowest BCUT2D eigenvalue weighted by atomic mass is 10.1. The van der Waals surface area contributed by atoms with Crippen molar-refractivity contribution in [1.29, 1.82) is 0 Å². The molecule has 1 atom stereocenters. The van der Waals surface area contributed by atoms with Crippen LogP contribution in [0.25, 0.3) is 0 Å². The number of amides is 1. The van der Waals surface area contributed by atoms with Crippen LogP contribution >= 0.6 is 0 Å². The fraction of sp³-hybridized carbons (Fsp3) is 0.429. The minimum absolute atomic E-state index is 0.0881. The van der Waals surface area contributed by atoms with Gasteiger partial charge in [0.05, 0.1) is 12.2 Å². The second-order valence-corrected chi connectivity index (χ2v) is 6.31. The molecule has 0 aliphatic heterocycles. The van der Waals surface area contributed by atoms with E-state index in [2.05, 4.69) is 5.32 Å². The first-order chi connectivity index (χ1) is 10.7. The average molecular weight is 345 g/mol. The molecule has 0 saturated heterocycles. The van der Waals surface area contributed by atoms with Crippen LogP contribution in [0.4, 0.5) is 0 Å². The smallest absolute Gasteiger partial charge is 0.327 e. The number of carbonyl (C=O) groups is 2. The van der Waals surface area contributed by atoms with Crippen LogP contribution in [0.1, 0.15) is 30.1 Å². The summed E-state index contributed by atoms with van der Waals surface area (Å²) in [6, 6.07) is 4.46. The van der Waals surface area contributed by atoms with Gasteiger partial charge in [-0.1, -0.05) is 25.5 Å². The molecule has 0 fully saturated rings. The summed E-state index contributed by atoms with van der Waals surface area (Å²) in [5.41, 5.74) is 0.0881. The summed E-state index contributed by atoms with van der Waals surface area (Å²) in [4.78, 5) is 23.2. The van der Waals surface area contributed by atoms with Crippen molar-refractivity contribution in [3.8, 4) is 5.75 Å². The molecule has 0 bridgehead atoms. The SMILES string of the molecule is CCCCOc1ccccc1C(=O)NC(CS(=O)(=O)O)C(=O)O. The highest BCUT2D eigenvalue weighted by Crippen LogP contribution is 2.18. The van der Waals surface area contributed by atoms with E-state index in [1.165, 1.54) is 6.07 Å². The molecule has 0 aliphatic carbocycles. The molecule has 9 heteroatoms. The number of carboxylic acid groups (broad SMARTS) is 1. The van der Waals surface area contributed by atoms with E-state index < -0.39 is 33.8 Å². The maximum atomic E-state index is 12.2. The average Bonchev–Trinajstić information content (AvgIpc) is 2.45. The van der Waals surface area contributed by atoms with E-state index in [9.17, 15) is 18.0 Å². The molecule has 23 heavy (non-hydrogen) atoms. The second kappa shape index (κ2) is 8.49. The quantitative estimate of drug-likeness (QED) is 0.448. The van der Waals surface area contributed by atoms with E-state index in [-0.39, 0.29) is 11.3 Å². The number of ether oxygens (including phenoxy) is 1. The number of hydrogen-bond donors (Lipinski definition) is 3. The number of nitrogens with one attached hydrogen (secondary N) is 1. The van der Waals surface area contributed by atoms with E-state index in [1.807, 2.05) is 6.92 Å². The third-order valence-corrected chi connectivity index (χ3v) is 3.62. The van der Waals surface area contributed by atoms with Gasteiger partial charge in [0, 0.05) is 0 Å². The first kappa shape index (κ1) is 18.9. The number of carbonyl (C=O) groups excluding carboxylic acids is 1. The van der Waals surface area contributed by atoms with Gasteiger partial charge in [0.15, 0.2) is 0 Å². The van der Waals surface area contributed by atoms with Crippen LogP contribution in [0.15, 0.2) is 24.3 Å². The molecule has 1 aromatic carbocycles. The fourth-order valence-corrected chi connectivity index (χ4v) is 2.38. The second-order valence-electron chi connectivity index (χ2n) is 4.81. The zero-order valence-electron chi connectivity index (χ0n) is 12.6. The van der Waals surface area contributed by atoms with Crippen LogP contribution in [-0.4, -0.2) is 48.4 Å². The van der Waals surface area contributed by atoms with Crippen molar-refractivity contribution in [3.63, 3.8) is 0 Å². The Morgan fingerprint density at radius 2 is 1.96 bits per heavy atom. The molecule has 1 rings (SSSR count). The Bertz CT molecular complexity index is 657.